The quantitative estimate of drug-likeness (QED) is 0.689. The molecule has 21 heavy (non-hydrogen) atoms. The summed E-state index contributed by atoms with van der Waals surface area (Å²) in [5.74, 6) is 1.72. The van der Waals surface area contributed by atoms with Gasteiger partial charge in [-0.15, -0.1) is 0 Å². The summed E-state index contributed by atoms with van der Waals surface area (Å²) >= 11 is 3.46. The van der Waals surface area contributed by atoms with Crippen LogP contribution in [-0.2, 0) is 0 Å². The fourth-order valence-electron chi connectivity index (χ4n) is 2.07. The second-order valence-electron chi connectivity index (χ2n) is 5.30. The minimum atomic E-state index is 0.366. The lowest BCUT2D eigenvalue weighted by molar-refractivity contribution is 0.461. The molecule has 0 aliphatic carbocycles. The van der Waals surface area contributed by atoms with Crippen molar-refractivity contribution >= 4 is 21.4 Å². The predicted octanol–water partition coefficient (Wildman–Crippen LogP) is 4.72. The van der Waals surface area contributed by atoms with Crippen LogP contribution in [0.3, 0.4) is 0 Å². The number of halogens is 1. The highest BCUT2D eigenvalue weighted by atomic mass is 79.9. The minimum absolute atomic E-state index is 0.366. The standard InChI is InChI=1S/C16H16BrN3O/c1-10(2)13-9-14-16(18-6-7-20(14)19-13)21-15-8-12(17)5-4-11(15)3/h4-10H,1-3H3. The van der Waals surface area contributed by atoms with E-state index in [2.05, 4.69) is 39.9 Å². The molecule has 0 saturated heterocycles. The highest BCUT2D eigenvalue weighted by Crippen LogP contribution is 2.30. The van der Waals surface area contributed by atoms with E-state index in [1.54, 1.807) is 6.20 Å². The maximum Gasteiger partial charge on any atom is 0.245 e. The van der Waals surface area contributed by atoms with Gasteiger partial charge in [0.15, 0.2) is 0 Å². The zero-order chi connectivity index (χ0) is 15.0. The number of nitrogens with zero attached hydrogens (tertiary/aromatic N) is 3. The van der Waals surface area contributed by atoms with Crippen molar-refractivity contribution in [1.82, 2.24) is 14.6 Å². The van der Waals surface area contributed by atoms with Gasteiger partial charge in [-0.25, -0.2) is 9.50 Å². The SMILES string of the molecule is Cc1ccc(Br)cc1Oc1nccn2nc(C(C)C)cc12. The van der Waals surface area contributed by atoms with Crippen molar-refractivity contribution in [2.45, 2.75) is 26.7 Å². The summed E-state index contributed by atoms with van der Waals surface area (Å²) in [5.41, 5.74) is 2.96. The summed E-state index contributed by atoms with van der Waals surface area (Å²) < 4.78 is 8.78. The lowest BCUT2D eigenvalue weighted by Crippen LogP contribution is -1.95. The molecule has 0 N–H and O–H groups in total. The van der Waals surface area contributed by atoms with Gasteiger partial charge in [0.05, 0.1) is 5.69 Å². The Kier molecular flexibility index (Phi) is 3.68. The molecule has 0 aliphatic rings. The number of ether oxygens (including phenoxy) is 1. The maximum absolute atomic E-state index is 5.99. The van der Waals surface area contributed by atoms with E-state index < -0.39 is 0 Å². The first-order chi connectivity index (χ1) is 10.0. The molecule has 1 aromatic carbocycles. The van der Waals surface area contributed by atoms with Crippen LogP contribution >= 0.6 is 15.9 Å². The number of hydrogen-bond donors (Lipinski definition) is 0. The highest BCUT2D eigenvalue weighted by Gasteiger charge is 2.12. The molecule has 0 saturated carbocycles. The van der Waals surface area contributed by atoms with Crippen molar-refractivity contribution in [2.24, 2.45) is 0 Å². The zero-order valence-electron chi connectivity index (χ0n) is 12.2. The van der Waals surface area contributed by atoms with Crippen LogP contribution in [0.15, 0.2) is 41.1 Å². The van der Waals surface area contributed by atoms with Gasteiger partial charge in [0.1, 0.15) is 11.3 Å². The normalized spacial score (nSPS) is 11.3. The second-order valence-corrected chi connectivity index (χ2v) is 6.21. The molecule has 0 spiro atoms. The van der Waals surface area contributed by atoms with E-state index in [1.165, 1.54) is 0 Å². The van der Waals surface area contributed by atoms with Gasteiger partial charge in [0, 0.05) is 16.9 Å². The van der Waals surface area contributed by atoms with Gasteiger partial charge in [-0.05, 0) is 36.6 Å². The number of rotatable bonds is 3. The van der Waals surface area contributed by atoms with E-state index in [4.69, 9.17) is 4.74 Å². The van der Waals surface area contributed by atoms with Gasteiger partial charge in [-0.1, -0.05) is 35.8 Å². The topological polar surface area (TPSA) is 39.4 Å². The van der Waals surface area contributed by atoms with Gasteiger partial charge in [-0.3, -0.25) is 0 Å². The smallest absolute Gasteiger partial charge is 0.245 e. The molecule has 3 rings (SSSR count). The maximum atomic E-state index is 5.99. The van der Waals surface area contributed by atoms with Crippen LogP contribution in [0.1, 0.15) is 31.0 Å². The van der Waals surface area contributed by atoms with Gasteiger partial charge in [0.2, 0.25) is 5.88 Å². The van der Waals surface area contributed by atoms with E-state index in [-0.39, 0.29) is 0 Å². The van der Waals surface area contributed by atoms with E-state index in [0.29, 0.717) is 11.8 Å². The van der Waals surface area contributed by atoms with E-state index >= 15 is 0 Å². The van der Waals surface area contributed by atoms with Crippen LogP contribution in [-0.4, -0.2) is 14.6 Å². The molecule has 0 fully saturated rings. The number of aromatic nitrogens is 3. The molecule has 2 heterocycles. The molecular weight excluding hydrogens is 330 g/mol. The third-order valence-corrected chi connectivity index (χ3v) is 3.82. The summed E-state index contributed by atoms with van der Waals surface area (Å²) in [5, 5.41) is 4.54. The van der Waals surface area contributed by atoms with Crippen molar-refractivity contribution < 1.29 is 4.74 Å². The number of benzene rings is 1. The molecule has 108 valence electrons. The predicted molar refractivity (Wildman–Crippen MR) is 86.0 cm³/mol. The van der Waals surface area contributed by atoms with Crippen molar-refractivity contribution in [3.05, 3.63) is 52.4 Å². The van der Waals surface area contributed by atoms with Gasteiger partial charge in [0.25, 0.3) is 0 Å². The van der Waals surface area contributed by atoms with Crippen LogP contribution in [0.25, 0.3) is 5.52 Å². The third kappa shape index (κ3) is 2.78. The summed E-state index contributed by atoms with van der Waals surface area (Å²) in [6.45, 7) is 6.25. The van der Waals surface area contributed by atoms with Crippen molar-refractivity contribution in [3.63, 3.8) is 0 Å². The van der Waals surface area contributed by atoms with Crippen molar-refractivity contribution in [3.8, 4) is 11.6 Å². The van der Waals surface area contributed by atoms with E-state index in [9.17, 15) is 0 Å². The Morgan fingerprint density at radius 1 is 1.24 bits per heavy atom. The van der Waals surface area contributed by atoms with Crippen LogP contribution in [0.4, 0.5) is 0 Å². The van der Waals surface area contributed by atoms with Gasteiger partial charge >= 0.3 is 0 Å². The Morgan fingerprint density at radius 3 is 2.81 bits per heavy atom. The molecule has 0 bridgehead atoms. The van der Waals surface area contributed by atoms with Crippen LogP contribution in [0, 0.1) is 6.92 Å². The Bertz CT molecular complexity index is 795. The lowest BCUT2D eigenvalue weighted by Gasteiger charge is -2.08. The molecule has 2 aromatic heterocycles. The van der Waals surface area contributed by atoms with E-state index in [0.717, 1.165) is 27.0 Å². The van der Waals surface area contributed by atoms with Gasteiger partial charge in [-0.2, -0.15) is 5.10 Å². The first kappa shape index (κ1) is 14.1. The van der Waals surface area contributed by atoms with Crippen LogP contribution < -0.4 is 4.74 Å². The number of aryl methyl sites for hydroxylation is 1. The number of hydrogen-bond acceptors (Lipinski definition) is 3. The molecule has 5 heteroatoms. The van der Waals surface area contributed by atoms with Crippen molar-refractivity contribution in [1.29, 1.82) is 0 Å². The van der Waals surface area contributed by atoms with Crippen molar-refractivity contribution in [2.75, 3.05) is 0 Å². The second kappa shape index (κ2) is 5.48. The molecule has 0 radical (unpaired) electrons. The van der Waals surface area contributed by atoms with Crippen LogP contribution in [0.2, 0.25) is 0 Å². The molecule has 0 atom stereocenters. The first-order valence-corrected chi connectivity index (χ1v) is 7.62. The fraction of sp³-hybridized carbons (Fsp3) is 0.250. The van der Waals surface area contributed by atoms with E-state index in [1.807, 2.05) is 41.9 Å². The lowest BCUT2D eigenvalue weighted by atomic mass is 10.1. The summed E-state index contributed by atoms with van der Waals surface area (Å²) in [7, 11) is 0. The molecule has 4 nitrogen and oxygen atoms in total. The minimum Gasteiger partial charge on any atom is -0.437 e. The fourth-order valence-corrected chi connectivity index (χ4v) is 2.41. The molecule has 0 aliphatic heterocycles. The van der Waals surface area contributed by atoms with Crippen LogP contribution in [0.5, 0.6) is 11.6 Å². The molecule has 0 amide bonds. The largest absolute Gasteiger partial charge is 0.437 e. The summed E-state index contributed by atoms with van der Waals surface area (Å²) in [6.07, 6.45) is 3.54. The molecule has 0 unspecified atom stereocenters. The number of fused-ring (bicyclic) bond motifs is 1. The van der Waals surface area contributed by atoms with Gasteiger partial charge < -0.3 is 4.74 Å². The average molecular weight is 346 g/mol. The summed E-state index contributed by atoms with van der Waals surface area (Å²) in [6, 6.07) is 7.97. The highest BCUT2D eigenvalue weighted by molar-refractivity contribution is 9.10. The summed E-state index contributed by atoms with van der Waals surface area (Å²) in [4.78, 5) is 4.35. The monoisotopic (exact) mass is 345 g/mol. The third-order valence-electron chi connectivity index (χ3n) is 3.32. The Labute approximate surface area is 131 Å². The molecular formula is C16H16BrN3O. The average Bonchev–Trinajstić information content (AvgIpc) is 2.88. The Hall–Kier alpha value is -1.88. The zero-order valence-corrected chi connectivity index (χ0v) is 13.8. The Morgan fingerprint density at radius 2 is 2.05 bits per heavy atom. The molecule has 3 aromatic rings. The first-order valence-electron chi connectivity index (χ1n) is 6.83. The Balaban J connectivity index is 2.06.